The van der Waals surface area contributed by atoms with Gasteiger partial charge in [-0.25, -0.2) is 9.97 Å². The van der Waals surface area contributed by atoms with Crippen molar-refractivity contribution in [3.63, 3.8) is 0 Å². The quantitative estimate of drug-likeness (QED) is 0.489. The number of aliphatic hydroxyl groups excluding tert-OH is 1. The van der Waals surface area contributed by atoms with Gasteiger partial charge in [0, 0.05) is 36.7 Å². The number of piperidine rings is 1. The average molecular weight is 437 g/mol. The summed E-state index contributed by atoms with van der Waals surface area (Å²) in [4.78, 5) is 11.7. The van der Waals surface area contributed by atoms with Gasteiger partial charge in [0.1, 0.15) is 5.75 Å². The van der Waals surface area contributed by atoms with E-state index in [0.717, 1.165) is 54.1 Å². The lowest BCUT2D eigenvalue weighted by atomic mass is 9.97. The van der Waals surface area contributed by atoms with Crippen LogP contribution in [-0.4, -0.2) is 60.8 Å². The van der Waals surface area contributed by atoms with Gasteiger partial charge < -0.3 is 20.5 Å². The number of nitrogens with zero attached hydrogens (tertiary/aromatic N) is 7. The highest BCUT2D eigenvalue weighted by Crippen LogP contribution is 2.31. The van der Waals surface area contributed by atoms with Crippen molar-refractivity contribution in [3.05, 3.63) is 36.4 Å². The van der Waals surface area contributed by atoms with Gasteiger partial charge in [0.25, 0.3) is 0 Å². The zero-order valence-corrected chi connectivity index (χ0v) is 18.5. The number of rotatable bonds is 5. The normalized spacial score (nSPS) is 18.9. The molecule has 4 heterocycles. The first-order chi connectivity index (χ1) is 15.4. The minimum absolute atomic E-state index is 0.0770. The van der Waals surface area contributed by atoms with Gasteiger partial charge in [0.05, 0.1) is 36.7 Å². The molecule has 1 aliphatic rings. The average Bonchev–Trinajstić information content (AvgIpc) is 3.47. The Bertz CT molecular complexity index is 1260. The molecule has 1 fully saturated rings. The van der Waals surface area contributed by atoms with Crippen molar-refractivity contribution in [2.24, 2.45) is 0 Å². The van der Waals surface area contributed by atoms with Crippen LogP contribution in [-0.2, 0) is 0 Å². The van der Waals surface area contributed by atoms with Gasteiger partial charge in [-0.2, -0.15) is 9.61 Å². The van der Waals surface area contributed by atoms with Crippen LogP contribution in [0.25, 0.3) is 16.6 Å². The molecule has 10 heteroatoms. The van der Waals surface area contributed by atoms with Gasteiger partial charge in [-0.3, -0.25) is 4.68 Å². The Morgan fingerprint density at radius 3 is 2.88 bits per heavy atom. The van der Waals surface area contributed by atoms with Gasteiger partial charge in [0.2, 0.25) is 5.95 Å². The van der Waals surface area contributed by atoms with E-state index in [9.17, 15) is 5.11 Å². The summed E-state index contributed by atoms with van der Waals surface area (Å²) < 4.78 is 8.76. The molecule has 0 spiro atoms. The predicted octanol–water partition coefficient (Wildman–Crippen LogP) is 2.39. The molecule has 0 radical (unpaired) electrons. The van der Waals surface area contributed by atoms with E-state index in [1.54, 1.807) is 18.5 Å². The summed E-state index contributed by atoms with van der Waals surface area (Å²) in [6.45, 7) is 5.48. The molecule has 3 aromatic heterocycles. The minimum atomic E-state index is -0.465. The molecule has 3 N–H and O–H groups in total. The summed E-state index contributed by atoms with van der Waals surface area (Å²) in [6, 6.07) is 5.61. The summed E-state index contributed by atoms with van der Waals surface area (Å²) in [7, 11) is 1.63. The molecule has 0 saturated carbocycles. The molecule has 5 rings (SSSR count). The Balaban J connectivity index is 1.45. The molecule has 32 heavy (non-hydrogen) atoms. The highest BCUT2D eigenvalue weighted by molar-refractivity contribution is 5.93. The number of aliphatic hydroxyl groups is 1. The van der Waals surface area contributed by atoms with Crippen LogP contribution >= 0.6 is 0 Å². The second-order valence-electron chi connectivity index (χ2n) is 8.50. The van der Waals surface area contributed by atoms with E-state index in [1.165, 1.54) is 0 Å². The number of hydrogen-bond acceptors (Lipinski definition) is 8. The first kappa shape index (κ1) is 20.5. The maximum atomic E-state index is 9.87. The zero-order chi connectivity index (χ0) is 22.4. The van der Waals surface area contributed by atoms with Crippen LogP contribution in [0.15, 0.2) is 30.6 Å². The number of anilines is 2. The van der Waals surface area contributed by atoms with E-state index in [-0.39, 0.29) is 12.0 Å². The molecule has 0 amide bonds. The highest BCUT2D eigenvalue weighted by Gasteiger charge is 2.27. The van der Waals surface area contributed by atoms with Crippen LogP contribution in [0.5, 0.6) is 5.75 Å². The molecule has 3 atom stereocenters. The lowest BCUT2D eigenvalue weighted by molar-refractivity contribution is 0.132. The monoisotopic (exact) mass is 436 g/mol. The third-order valence-electron chi connectivity index (χ3n) is 6.38. The lowest BCUT2D eigenvalue weighted by Crippen LogP contribution is -2.34. The Kier molecular flexibility index (Phi) is 5.09. The lowest BCUT2D eigenvalue weighted by Gasteiger charge is -2.32. The number of methoxy groups -OCH3 is 1. The molecule has 4 aromatic rings. The predicted molar refractivity (Wildman–Crippen MR) is 122 cm³/mol. The molecule has 10 nitrogen and oxygen atoms in total. The largest absolute Gasteiger partial charge is 0.497 e. The molecule has 1 aliphatic heterocycles. The summed E-state index contributed by atoms with van der Waals surface area (Å²) >= 11 is 0. The standard InChI is InChI=1S/C22H28N8O2/c1-13(14(2)31)29-12-16(10-24-29)28-8-4-5-15(11-28)20-26-21-18-7-6-17(32-3)9-19(18)25-22(23)30(21)27-20/h6-7,9-10,12-15,31H,4-5,8,11H2,1-3H3,(H2,23,25)/t13-,14?,15-/m1/s1. The van der Waals surface area contributed by atoms with E-state index in [0.29, 0.717) is 11.6 Å². The van der Waals surface area contributed by atoms with Crippen LogP contribution in [0.3, 0.4) is 0 Å². The number of nitrogen functional groups attached to an aromatic ring is 1. The van der Waals surface area contributed by atoms with Gasteiger partial charge in [-0.15, -0.1) is 5.10 Å². The Hall–Kier alpha value is -3.40. The summed E-state index contributed by atoms with van der Waals surface area (Å²) in [5.74, 6) is 1.98. The van der Waals surface area contributed by atoms with Gasteiger partial charge in [-0.1, -0.05) is 0 Å². The molecule has 1 unspecified atom stereocenters. The van der Waals surface area contributed by atoms with E-state index in [2.05, 4.69) is 15.0 Å². The van der Waals surface area contributed by atoms with Crippen molar-refractivity contribution in [2.75, 3.05) is 30.8 Å². The number of ether oxygens (including phenoxy) is 1. The summed E-state index contributed by atoms with van der Waals surface area (Å²) in [5, 5.41) is 19.9. The number of benzene rings is 1. The number of nitrogens with two attached hydrogens (primary N) is 1. The number of aromatic nitrogens is 6. The summed E-state index contributed by atoms with van der Waals surface area (Å²) in [5.41, 5.74) is 8.69. The third-order valence-corrected chi connectivity index (χ3v) is 6.38. The smallest absolute Gasteiger partial charge is 0.223 e. The van der Waals surface area contributed by atoms with Crippen LogP contribution in [0, 0.1) is 0 Å². The fourth-order valence-electron chi connectivity index (χ4n) is 4.28. The Labute approximate surface area is 185 Å². The van der Waals surface area contributed by atoms with Crippen LogP contribution in [0.2, 0.25) is 0 Å². The molecule has 0 bridgehead atoms. The van der Waals surface area contributed by atoms with Crippen LogP contribution in [0.1, 0.15) is 44.5 Å². The SMILES string of the molecule is COc1ccc2c(c1)nc(N)n1nc([C@@H]3CCCN(c4cnn([C@H](C)C(C)O)c4)C3)nc21. The van der Waals surface area contributed by atoms with E-state index in [4.69, 9.17) is 20.6 Å². The first-order valence-corrected chi connectivity index (χ1v) is 10.9. The van der Waals surface area contributed by atoms with E-state index < -0.39 is 6.10 Å². The third kappa shape index (κ3) is 3.50. The van der Waals surface area contributed by atoms with Crippen molar-refractivity contribution >= 4 is 28.2 Å². The van der Waals surface area contributed by atoms with Crippen molar-refractivity contribution < 1.29 is 9.84 Å². The first-order valence-electron chi connectivity index (χ1n) is 10.9. The van der Waals surface area contributed by atoms with Crippen molar-refractivity contribution in [1.29, 1.82) is 0 Å². The summed E-state index contributed by atoms with van der Waals surface area (Å²) in [6.07, 6.45) is 5.43. The van der Waals surface area contributed by atoms with Gasteiger partial charge in [-0.05, 0) is 38.8 Å². The van der Waals surface area contributed by atoms with E-state index in [1.807, 2.05) is 42.2 Å². The number of hydrogen-bond donors (Lipinski definition) is 2. The number of fused-ring (bicyclic) bond motifs is 3. The highest BCUT2D eigenvalue weighted by atomic mass is 16.5. The van der Waals surface area contributed by atoms with Crippen molar-refractivity contribution in [1.82, 2.24) is 29.4 Å². The molecular formula is C22H28N8O2. The van der Waals surface area contributed by atoms with Gasteiger partial charge >= 0.3 is 0 Å². The topological polar surface area (TPSA) is 120 Å². The Morgan fingerprint density at radius 1 is 1.25 bits per heavy atom. The second kappa shape index (κ2) is 7.94. The fourth-order valence-corrected chi connectivity index (χ4v) is 4.28. The molecule has 0 aliphatic carbocycles. The molecular weight excluding hydrogens is 408 g/mol. The fraction of sp³-hybridized carbons (Fsp3) is 0.455. The van der Waals surface area contributed by atoms with Crippen LogP contribution in [0.4, 0.5) is 11.6 Å². The van der Waals surface area contributed by atoms with Gasteiger partial charge in [0.15, 0.2) is 11.5 Å². The maximum absolute atomic E-state index is 9.87. The van der Waals surface area contributed by atoms with E-state index >= 15 is 0 Å². The van der Waals surface area contributed by atoms with Crippen molar-refractivity contribution in [3.8, 4) is 5.75 Å². The van der Waals surface area contributed by atoms with Crippen LogP contribution < -0.4 is 15.4 Å². The molecule has 1 saturated heterocycles. The molecule has 1 aromatic carbocycles. The second-order valence-corrected chi connectivity index (χ2v) is 8.50. The zero-order valence-electron chi connectivity index (χ0n) is 18.5. The maximum Gasteiger partial charge on any atom is 0.223 e. The minimum Gasteiger partial charge on any atom is -0.497 e. The van der Waals surface area contributed by atoms with Crippen molar-refractivity contribution in [2.45, 2.75) is 44.8 Å². The molecule has 168 valence electrons. The Morgan fingerprint density at radius 2 is 2.09 bits per heavy atom.